The third kappa shape index (κ3) is 2.48. The van der Waals surface area contributed by atoms with Crippen molar-refractivity contribution >= 4 is 0 Å². The van der Waals surface area contributed by atoms with Crippen LogP contribution in [0, 0.1) is 0 Å². The van der Waals surface area contributed by atoms with Crippen LogP contribution >= 0.6 is 0 Å². The predicted molar refractivity (Wildman–Crippen MR) is 60.4 cm³/mol. The zero-order valence-electron chi connectivity index (χ0n) is 11.1. The van der Waals surface area contributed by atoms with Gasteiger partial charge in [0.15, 0.2) is 11.6 Å². The largest absolute Gasteiger partial charge is 0.393 e. The van der Waals surface area contributed by atoms with Gasteiger partial charge < -0.3 is 24.1 Å². The highest BCUT2D eigenvalue weighted by Crippen LogP contribution is 2.41. The summed E-state index contributed by atoms with van der Waals surface area (Å²) in [6.45, 7) is 9.58. The van der Waals surface area contributed by atoms with Crippen LogP contribution in [0.2, 0.25) is 0 Å². The Hall–Kier alpha value is -0.200. The average Bonchev–Trinajstić information content (AvgIpc) is 2.64. The molecule has 2 heterocycles. The number of aliphatic hydroxyl groups is 1. The van der Waals surface area contributed by atoms with Crippen molar-refractivity contribution in [3.63, 3.8) is 0 Å². The van der Waals surface area contributed by atoms with E-state index in [0.717, 1.165) is 0 Å². The first-order chi connectivity index (χ1) is 7.68. The lowest BCUT2D eigenvalue weighted by atomic mass is 9.96. The minimum absolute atomic E-state index is 0.110. The topological polar surface area (TPSA) is 57.2 Å². The quantitative estimate of drug-likeness (QED) is 0.789. The summed E-state index contributed by atoms with van der Waals surface area (Å²) in [6, 6.07) is 0. The molecule has 3 atom stereocenters. The normalized spacial score (nSPS) is 44.1. The molecule has 1 N–H and O–H groups in total. The van der Waals surface area contributed by atoms with E-state index in [-0.39, 0.29) is 18.8 Å². The second-order valence-corrected chi connectivity index (χ2v) is 5.88. The lowest BCUT2D eigenvalue weighted by Crippen LogP contribution is -2.48. The lowest BCUT2D eigenvalue weighted by Gasteiger charge is -2.29. The van der Waals surface area contributed by atoms with Crippen molar-refractivity contribution in [2.24, 2.45) is 0 Å². The molecular weight excluding hydrogens is 224 g/mol. The van der Waals surface area contributed by atoms with Crippen molar-refractivity contribution in [2.45, 2.75) is 64.0 Å². The summed E-state index contributed by atoms with van der Waals surface area (Å²) in [5.41, 5.74) is -0.752. The maximum Gasteiger partial charge on any atom is 0.164 e. The van der Waals surface area contributed by atoms with Crippen molar-refractivity contribution in [3.8, 4) is 0 Å². The van der Waals surface area contributed by atoms with Gasteiger partial charge in [0.25, 0.3) is 0 Å². The maximum absolute atomic E-state index is 9.52. The highest BCUT2D eigenvalue weighted by molar-refractivity contribution is 4.98. The fourth-order valence-electron chi connectivity index (χ4n) is 2.53. The number of rotatable bonds is 2. The number of hydrogen-bond acceptors (Lipinski definition) is 5. The smallest absolute Gasteiger partial charge is 0.164 e. The van der Waals surface area contributed by atoms with Gasteiger partial charge in [-0.15, -0.1) is 0 Å². The first-order valence-corrected chi connectivity index (χ1v) is 5.98. The maximum atomic E-state index is 9.52. The van der Waals surface area contributed by atoms with Gasteiger partial charge in [-0.2, -0.15) is 0 Å². The molecule has 2 fully saturated rings. The first kappa shape index (κ1) is 13.2. The Morgan fingerprint density at radius 2 is 1.71 bits per heavy atom. The van der Waals surface area contributed by atoms with Gasteiger partial charge in [0.2, 0.25) is 0 Å². The molecule has 0 aromatic heterocycles. The molecule has 0 spiro atoms. The van der Waals surface area contributed by atoms with Crippen LogP contribution in [-0.4, -0.2) is 47.7 Å². The third-order valence-electron chi connectivity index (χ3n) is 3.17. The zero-order valence-corrected chi connectivity index (χ0v) is 11.1. The fraction of sp³-hybridized carbons (Fsp3) is 1.00. The highest BCUT2D eigenvalue weighted by atomic mass is 16.8. The van der Waals surface area contributed by atoms with Crippen LogP contribution in [0.5, 0.6) is 0 Å². The Bertz CT molecular complexity index is 301. The summed E-state index contributed by atoms with van der Waals surface area (Å²) in [5, 5.41) is 9.52. The van der Waals surface area contributed by atoms with E-state index >= 15 is 0 Å². The summed E-state index contributed by atoms with van der Waals surface area (Å²) < 4.78 is 22.9. The molecule has 1 unspecified atom stereocenters. The van der Waals surface area contributed by atoms with Crippen LogP contribution in [0.1, 0.15) is 34.6 Å². The van der Waals surface area contributed by atoms with E-state index in [4.69, 9.17) is 18.9 Å². The van der Waals surface area contributed by atoms with Gasteiger partial charge in [-0.3, -0.25) is 0 Å². The van der Waals surface area contributed by atoms with Crippen molar-refractivity contribution in [3.05, 3.63) is 0 Å². The summed E-state index contributed by atoms with van der Waals surface area (Å²) in [4.78, 5) is 0. The Morgan fingerprint density at radius 3 is 2.18 bits per heavy atom. The van der Waals surface area contributed by atoms with Gasteiger partial charge in [-0.25, -0.2) is 0 Å². The van der Waals surface area contributed by atoms with E-state index < -0.39 is 17.2 Å². The first-order valence-electron chi connectivity index (χ1n) is 5.98. The Kier molecular flexibility index (Phi) is 3.03. The van der Waals surface area contributed by atoms with Crippen LogP contribution in [0.3, 0.4) is 0 Å². The third-order valence-corrected chi connectivity index (χ3v) is 3.17. The van der Waals surface area contributed by atoms with E-state index in [9.17, 15) is 5.11 Å². The second kappa shape index (κ2) is 3.90. The molecule has 0 aromatic rings. The van der Waals surface area contributed by atoms with Gasteiger partial charge in [-0.05, 0) is 34.6 Å². The number of aliphatic hydroxyl groups excluding tert-OH is 1. The van der Waals surface area contributed by atoms with Crippen molar-refractivity contribution < 1.29 is 24.1 Å². The van der Waals surface area contributed by atoms with Gasteiger partial charge in [0.1, 0.15) is 17.8 Å². The minimum Gasteiger partial charge on any atom is -0.393 e. The molecule has 17 heavy (non-hydrogen) atoms. The second-order valence-electron chi connectivity index (χ2n) is 5.88. The van der Waals surface area contributed by atoms with E-state index in [1.54, 1.807) is 0 Å². The van der Waals surface area contributed by atoms with Crippen LogP contribution in [0.15, 0.2) is 0 Å². The van der Waals surface area contributed by atoms with Gasteiger partial charge in [-0.1, -0.05) is 0 Å². The molecule has 0 amide bonds. The highest BCUT2D eigenvalue weighted by Gasteiger charge is 2.55. The summed E-state index contributed by atoms with van der Waals surface area (Å²) >= 11 is 0. The zero-order chi connectivity index (χ0) is 12.9. The molecule has 0 radical (unpaired) electrons. The predicted octanol–water partition coefficient (Wildman–Crippen LogP) is 1.04. The van der Waals surface area contributed by atoms with E-state index in [1.165, 1.54) is 0 Å². The molecule has 0 bridgehead atoms. The van der Waals surface area contributed by atoms with Gasteiger partial charge in [0.05, 0.1) is 13.2 Å². The van der Waals surface area contributed by atoms with Crippen LogP contribution < -0.4 is 0 Å². The summed E-state index contributed by atoms with van der Waals surface area (Å²) in [7, 11) is 0. The molecule has 0 aromatic carbocycles. The molecule has 2 aliphatic rings. The summed E-state index contributed by atoms with van der Waals surface area (Å²) in [6.07, 6.45) is -0.548. The minimum atomic E-state index is -0.752. The molecule has 0 aliphatic carbocycles. The monoisotopic (exact) mass is 246 g/mol. The van der Waals surface area contributed by atoms with Crippen LogP contribution in [0.4, 0.5) is 0 Å². The van der Waals surface area contributed by atoms with Crippen molar-refractivity contribution in [2.75, 3.05) is 13.2 Å². The Labute approximate surface area is 102 Å². The van der Waals surface area contributed by atoms with Crippen molar-refractivity contribution in [1.82, 2.24) is 0 Å². The van der Waals surface area contributed by atoms with Gasteiger partial charge in [0, 0.05) is 0 Å². The Morgan fingerprint density at radius 1 is 1.06 bits per heavy atom. The van der Waals surface area contributed by atoms with Crippen LogP contribution in [0.25, 0.3) is 0 Å². The fourth-order valence-corrected chi connectivity index (χ4v) is 2.53. The van der Waals surface area contributed by atoms with E-state index in [2.05, 4.69) is 0 Å². The molecule has 2 aliphatic heterocycles. The van der Waals surface area contributed by atoms with Gasteiger partial charge >= 0.3 is 0 Å². The molecule has 2 saturated heterocycles. The van der Waals surface area contributed by atoms with Crippen LogP contribution in [-0.2, 0) is 18.9 Å². The molecule has 0 saturated carbocycles. The summed E-state index contributed by atoms with van der Waals surface area (Å²) in [5.74, 6) is -1.31. The molecular formula is C12H22O5. The van der Waals surface area contributed by atoms with E-state index in [0.29, 0.717) is 6.61 Å². The van der Waals surface area contributed by atoms with Crippen molar-refractivity contribution in [1.29, 1.82) is 0 Å². The average molecular weight is 246 g/mol. The molecule has 2 rings (SSSR count). The standard InChI is InChI=1S/C12H22O5/c1-10(2)14-6-8(15-10)9-12(5,7-13)17-11(3,4)16-9/h8-9,13H,6-7H2,1-5H3/t8-,9?,12+/m0/s1. The number of ether oxygens (including phenoxy) is 4. The molecule has 100 valence electrons. The number of hydrogen-bond donors (Lipinski definition) is 1. The SMILES string of the molecule is CC1(C)OC[C@@H](C2OC(C)(C)O[C@]2(C)CO)O1. The van der Waals surface area contributed by atoms with E-state index in [1.807, 2.05) is 34.6 Å². The lowest BCUT2D eigenvalue weighted by molar-refractivity contribution is -0.176. The molecule has 5 nitrogen and oxygen atoms in total. The molecule has 5 heteroatoms. The Balaban J connectivity index is 2.15.